The molecule has 1 N–H and O–H groups in total. The molecule has 0 heterocycles. The van der Waals surface area contributed by atoms with Gasteiger partial charge < -0.3 is 10.2 Å². The summed E-state index contributed by atoms with van der Waals surface area (Å²) in [6.45, 7) is 6.55. The fraction of sp³-hybridized carbons (Fsp3) is 0.440. The minimum atomic E-state index is -3.86. The summed E-state index contributed by atoms with van der Waals surface area (Å²) >= 11 is 0. The molecule has 2 aromatic rings. The summed E-state index contributed by atoms with van der Waals surface area (Å²) in [4.78, 5) is 27.2. The van der Waals surface area contributed by atoms with Crippen LogP contribution in [0.2, 0.25) is 0 Å². The van der Waals surface area contributed by atoms with Crippen LogP contribution in [0.5, 0.6) is 0 Å². The number of halogens is 3. The van der Waals surface area contributed by atoms with Gasteiger partial charge in [-0.05, 0) is 52.3 Å². The van der Waals surface area contributed by atoms with Crippen LogP contribution in [0.4, 0.5) is 18.9 Å². The first-order valence-corrected chi connectivity index (χ1v) is 13.2. The standard InChI is InChI=1S/C25H32F3N3O4S/c1-17(24(33)29-25(2,3)4)30(16-18-9-6-7-10-20(18)26)23(32)11-8-14-31(36(5,34)35)19-12-13-21(27)22(28)15-19/h6-7,9-10,12-13,15,17H,8,11,14,16H2,1-5H3,(H,29,33)/t17-/m1/s1. The van der Waals surface area contributed by atoms with Crippen LogP contribution in [0.3, 0.4) is 0 Å². The van der Waals surface area contributed by atoms with Crippen molar-refractivity contribution in [2.45, 2.75) is 58.7 Å². The predicted octanol–water partition coefficient (Wildman–Crippen LogP) is 3.98. The van der Waals surface area contributed by atoms with Gasteiger partial charge in [-0.3, -0.25) is 13.9 Å². The highest BCUT2D eigenvalue weighted by Crippen LogP contribution is 2.22. The lowest BCUT2D eigenvalue weighted by molar-refractivity contribution is -0.141. The van der Waals surface area contributed by atoms with Crippen molar-refractivity contribution >= 4 is 27.5 Å². The van der Waals surface area contributed by atoms with Crippen LogP contribution >= 0.6 is 0 Å². The summed E-state index contributed by atoms with van der Waals surface area (Å²) in [6, 6.07) is 7.67. The van der Waals surface area contributed by atoms with Crippen molar-refractivity contribution in [1.29, 1.82) is 0 Å². The lowest BCUT2D eigenvalue weighted by atomic mass is 10.1. The van der Waals surface area contributed by atoms with E-state index in [1.807, 2.05) is 0 Å². The maximum absolute atomic E-state index is 14.3. The first-order chi connectivity index (χ1) is 16.6. The minimum absolute atomic E-state index is 0.0201. The van der Waals surface area contributed by atoms with E-state index in [9.17, 15) is 31.2 Å². The summed E-state index contributed by atoms with van der Waals surface area (Å²) in [7, 11) is -3.86. The second-order valence-corrected chi connectivity index (χ2v) is 11.5. The summed E-state index contributed by atoms with van der Waals surface area (Å²) in [6.07, 6.45) is 0.767. The number of amides is 2. The van der Waals surface area contributed by atoms with E-state index in [1.54, 1.807) is 26.8 Å². The molecule has 11 heteroatoms. The topological polar surface area (TPSA) is 86.8 Å². The van der Waals surface area contributed by atoms with Gasteiger partial charge in [-0.15, -0.1) is 0 Å². The third-order valence-corrected chi connectivity index (χ3v) is 6.50. The van der Waals surface area contributed by atoms with Crippen LogP contribution in [-0.2, 0) is 26.2 Å². The van der Waals surface area contributed by atoms with Crippen LogP contribution in [0.1, 0.15) is 46.1 Å². The number of nitrogens with one attached hydrogen (secondary N) is 1. The Hall–Kier alpha value is -3.08. The monoisotopic (exact) mass is 527 g/mol. The number of carbonyl (C=O) groups is 2. The van der Waals surface area contributed by atoms with Crippen LogP contribution in [0.25, 0.3) is 0 Å². The van der Waals surface area contributed by atoms with E-state index in [0.717, 1.165) is 28.8 Å². The number of benzene rings is 2. The predicted molar refractivity (Wildman–Crippen MR) is 132 cm³/mol. The smallest absolute Gasteiger partial charge is 0.242 e. The van der Waals surface area contributed by atoms with Gasteiger partial charge in [-0.2, -0.15) is 0 Å². The van der Waals surface area contributed by atoms with Crippen molar-refractivity contribution in [2.75, 3.05) is 17.1 Å². The van der Waals surface area contributed by atoms with E-state index in [0.29, 0.717) is 0 Å². The number of nitrogens with zero attached hydrogens (tertiary/aromatic N) is 2. The second-order valence-electron chi connectivity index (χ2n) is 9.57. The first kappa shape index (κ1) is 29.2. The van der Waals surface area contributed by atoms with E-state index in [-0.39, 0.29) is 37.2 Å². The van der Waals surface area contributed by atoms with Gasteiger partial charge in [0.1, 0.15) is 11.9 Å². The van der Waals surface area contributed by atoms with Crippen molar-refractivity contribution in [3.8, 4) is 0 Å². The zero-order valence-corrected chi connectivity index (χ0v) is 21.8. The average Bonchev–Trinajstić information content (AvgIpc) is 2.75. The first-order valence-electron chi connectivity index (χ1n) is 11.4. The molecule has 0 radical (unpaired) electrons. The van der Waals surface area contributed by atoms with Crippen molar-refractivity contribution in [2.24, 2.45) is 0 Å². The molecule has 0 aliphatic carbocycles. The van der Waals surface area contributed by atoms with Gasteiger partial charge in [0.25, 0.3) is 0 Å². The molecule has 7 nitrogen and oxygen atoms in total. The second kappa shape index (κ2) is 11.8. The maximum Gasteiger partial charge on any atom is 0.242 e. The van der Waals surface area contributed by atoms with E-state index in [4.69, 9.17) is 0 Å². The normalized spacial score (nSPS) is 12.7. The molecule has 0 fully saturated rings. The van der Waals surface area contributed by atoms with Crippen molar-refractivity contribution < 1.29 is 31.2 Å². The Labute approximate surface area is 210 Å². The van der Waals surface area contributed by atoms with Gasteiger partial charge in [-0.1, -0.05) is 18.2 Å². The highest BCUT2D eigenvalue weighted by molar-refractivity contribution is 7.92. The molecular formula is C25H32F3N3O4S. The van der Waals surface area contributed by atoms with Gasteiger partial charge >= 0.3 is 0 Å². The lowest BCUT2D eigenvalue weighted by Gasteiger charge is -2.32. The molecular weight excluding hydrogens is 495 g/mol. The summed E-state index contributed by atoms with van der Waals surface area (Å²) < 4.78 is 66.7. The fourth-order valence-electron chi connectivity index (χ4n) is 3.51. The molecule has 0 aliphatic heterocycles. The molecule has 0 spiro atoms. The van der Waals surface area contributed by atoms with Gasteiger partial charge in [-0.25, -0.2) is 21.6 Å². The van der Waals surface area contributed by atoms with E-state index < -0.39 is 50.9 Å². The molecule has 0 unspecified atom stereocenters. The lowest BCUT2D eigenvalue weighted by Crippen LogP contribution is -2.52. The van der Waals surface area contributed by atoms with Crippen molar-refractivity contribution in [3.05, 3.63) is 65.5 Å². The molecule has 36 heavy (non-hydrogen) atoms. The van der Waals surface area contributed by atoms with Gasteiger partial charge in [0.2, 0.25) is 21.8 Å². The molecule has 198 valence electrons. The quantitative estimate of drug-likeness (QED) is 0.507. The van der Waals surface area contributed by atoms with Crippen molar-refractivity contribution in [1.82, 2.24) is 10.2 Å². The Morgan fingerprint density at radius 3 is 2.19 bits per heavy atom. The SMILES string of the molecule is C[C@H](C(=O)NC(C)(C)C)N(Cc1ccccc1F)C(=O)CCCN(c1ccc(F)c(F)c1)S(C)(=O)=O. The molecule has 0 bridgehead atoms. The Bertz CT molecular complexity index is 1200. The fourth-order valence-corrected chi connectivity index (χ4v) is 4.47. The van der Waals surface area contributed by atoms with E-state index >= 15 is 0 Å². The average molecular weight is 528 g/mol. The Kier molecular flexibility index (Phi) is 9.53. The van der Waals surface area contributed by atoms with Gasteiger partial charge in [0.05, 0.1) is 11.9 Å². The summed E-state index contributed by atoms with van der Waals surface area (Å²) in [5.41, 5.74) is -0.413. The Morgan fingerprint density at radius 2 is 1.64 bits per heavy atom. The molecule has 2 aromatic carbocycles. The highest BCUT2D eigenvalue weighted by Gasteiger charge is 2.29. The summed E-state index contributed by atoms with van der Waals surface area (Å²) in [5, 5.41) is 2.80. The number of sulfonamides is 1. The van der Waals surface area contributed by atoms with Crippen LogP contribution in [-0.4, -0.2) is 49.5 Å². The van der Waals surface area contributed by atoms with E-state index in [1.165, 1.54) is 30.0 Å². The number of rotatable bonds is 10. The third kappa shape index (κ3) is 8.25. The number of carbonyl (C=O) groups excluding carboxylic acids is 2. The summed E-state index contributed by atoms with van der Waals surface area (Å²) in [5.74, 6) is -3.76. The van der Waals surface area contributed by atoms with Gasteiger partial charge in [0.15, 0.2) is 11.6 Å². The highest BCUT2D eigenvalue weighted by atomic mass is 32.2. The Balaban J connectivity index is 2.22. The molecule has 0 aromatic heterocycles. The molecule has 0 saturated carbocycles. The van der Waals surface area contributed by atoms with Crippen molar-refractivity contribution in [3.63, 3.8) is 0 Å². The zero-order valence-electron chi connectivity index (χ0n) is 21.0. The third-order valence-electron chi connectivity index (χ3n) is 5.31. The molecule has 2 amide bonds. The van der Waals surface area contributed by atoms with E-state index in [2.05, 4.69) is 5.32 Å². The van der Waals surface area contributed by atoms with Crippen LogP contribution in [0.15, 0.2) is 42.5 Å². The number of hydrogen-bond acceptors (Lipinski definition) is 4. The van der Waals surface area contributed by atoms with Crippen LogP contribution < -0.4 is 9.62 Å². The maximum atomic E-state index is 14.3. The minimum Gasteiger partial charge on any atom is -0.350 e. The molecule has 0 saturated heterocycles. The largest absolute Gasteiger partial charge is 0.350 e. The zero-order chi connectivity index (χ0) is 27.3. The molecule has 0 aliphatic rings. The van der Waals surface area contributed by atoms with Crippen LogP contribution in [0, 0.1) is 17.5 Å². The van der Waals surface area contributed by atoms with Gasteiger partial charge in [0, 0.05) is 36.7 Å². The molecule has 2 rings (SSSR count). The number of anilines is 1. The Morgan fingerprint density at radius 1 is 1.00 bits per heavy atom. The number of hydrogen-bond donors (Lipinski definition) is 1. The molecule has 1 atom stereocenters.